The quantitative estimate of drug-likeness (QED) is 0.469. The number of rotatable bonds is 1. The fourth-order valence-electron chi connectivity index (χ4n) is 0. The molecule has 0 aliphatic rings. The summed E-state index contributed by atoms with van der Waals surface area (Å²) >= 11 is 0. The van der Waals surface area contributed by atoms with Gasteiger partial charge in [0.15, 0.2) is 0 Å². The maximum atomic E-state index is 8.87. The fraction of sp³-hybridized carbons (Fsp3) is 1.00. The smallest absolute Gasteiger partial charge is 0.113 e. The standard InChI is InChI=1S/C5H13NO/c1-4(2)5(3,6)7/h4,7H,6H2,1-3H3/t5-/m1/s1. The van der Waals surface area contributed by atoms with E-state index in [4.69, 9.17) is 10.8 Å². The van der Waals surface area contributed by atoms with Gasteiger partial charge in [0, 0.05) is 0 Å². The highest BCUT2D eigenvalue weighted by molar-refractivity contribution is 4.65. The van der Waals surface area contributed by atoms with E-state index >= 15 is 0 Å². The summed E-state index contributed by atoms with van der Waals surface area (Å²) in [6, 6.07) is 0. The third-order valence-electron chi connectivity index (χ3n) is 1.17. The first-order chi connectivity index (χ1) is 2.94. The van der Waals surface area contributed by atoms with Crippen molar-refractivity contribution >= 4 is 0 Å². The molecule has 0 bridgehead atoms. The average molecular weight is 103 g/mol. The van der Waals surface area contributed by atoms with Gasteiger partial charge in [0.2, 0.25) is 0 Å². The first-order valence-electron chi connectivity index (χ1n) is 2.46. The van der Waals surface area contributed by atoms with Crippen LogP contribution in [0.4, 0.5) is 0 Å². The van der Waals surface area contributed by atoms with Gasteiger partial charge in [-0.3, -0.25) is 0 Å². The van der Waals surface area contributed by atoms with E-state index in [1.54, 1.807) is 6.92 Å². The summed E-state index contributed by atoms with van der Waals surface area (Å²) in [5.41, 5.74) is 4.23. The normalized spacial score (nSPS) is 19.7. The van der Waals surface area contributed by atoms with Crippen molar-refractivity contribution in [3.63, 3.8) is 0 Å². The van der Waals surface area contributed by atoms with Crippen LogP contribution in [0.1, 0.15) is 20.8 Å². The molecule has 0 saturated heterocycles. The molecule has 3 N–H and O–H groups in total. The lowest BCUT2D eigenvalue weighted by Crippen LogP contribution is -2.41. The molecule has 0 amide bonds. The van der Waals surface area contributed by atoms with Crippen LogP contribution in [0.15, 0.2) is 0 Å². The van der Waals surface area contributed by atoms with Crippen LogP contribution in [-0.4, -0.2) is 10.8 Å². The van der Waals surface area contributed by atoms with Crippen LogP contribution in [-0.2, 0) is 0 Å². The second kappa shape index (κ2) is 1.80. The molecule has 0 unspecified atom stereocenters. The maximum Gasteiger partial charge on any atom is 0.113 e. The van der Waals surface area contributed by atoms with Gasteiger partial charge in [0.05, 0.1) is 0 Å². The van der Waals surface area contributed by atoms with Gasteiger partial charge >= 0.3 is 0 Å². The predicted molar refractivity (Wildman–Crippen MR) is 29.6 cm³/mol. The molecule has 2 heteroatoms. The minimum atomic E-state index is -1.00. The van der Waals surface area contributed by atoms with Crippen LogP contribution < -0.4 is 5.73 Å². The highest BCUT2D eigenvalue weighted by atomic mass is 16.3. The molecule has 1 atom stereocenters. The van der Waals surface area contributed by atoms with Crippen LogP contribution in [0.25, 0.3) is 0 Å². The first kappa shape index (κ1) is 6.92. The first-order valence-corrected chi connectivity index (χ1v) is 2.46. The molecule has 0 fully saturated rings. The summed E-state index contributed by atoms with van der Waals surface area (Å²) in [6.45, 7) is 5.34. The Morgan fingerprint density at radius 3 is 1.71 bits per heavy atom. The zero-order valence-corrected chi connectivity index (χ0v) is 5.10. The summed E-state index contributed by atoms with van der Waals surface area (Å²) in [5, 5.41) is 8.87. The Morgan fingerprint density at radius 1 is 1.57 bits per heavy atom. The molecule has 44 valence electrons. The van der Waals surface area contributed by atoms with E-state index in [9.17, 15) is 0 Å². The zero-order chi connectivity index (χ0) is 6.08. The molecule has 0 aromatic carbocycles. The van der Waals surface area contributed by atoms with Gasteiger partial charge in [-0.25, -0.2) is 0 Å². The summed E-state index contributed by atoms with van der Waals surface area (Å²) in [6.07, 6.45) is 0. The molecule has 0 heterocycles. The van der Waals surface area contributed by atoms with Gasteiger partial charge in [0.1, 0.15) is 5.72 Å². The lowest BCUT2D eigenvalue weighted by atomic mass is 10.0. The number of hydrogen-bond acceptors (Lipinski definition) is 2. The summed E-state index contributed by atoms with van der Waals surface area (Å²) in [7, 11) is 0. The van der Waals surface area contributed by atoms with E-state index in [0.29, 0.717) is 0 Å². The lowest BCUT2D eigenvalue weighted by Gasteiger charge is -2.20. The Labute approximate surface area is 44.3 Å². The third kappa shape index (κ3) is 2.60. The Bertz CT molecular complexity index is 53.6. The van der Waals surface area contributed by atoms with Crippen molar-refractivity contribution in [2.45, 2.75) is 26.5 Å². The molecule has 7 heavy (non-hydrogen) atoms. The minimum Gasteiger partial charge on any atom is -0.376 e. The molecule has 0 radical (unpaired) electrons. The second-order valence-electron chi connectivity index (χ2n) is 2.38. The number of aliphatic hydroxyl groups is 1. The van der Waals surface area contributed by atoms with Crippen LogP contribution in [0.3, 0.4) is 0 Å². The Morgan fingerprint density at radius 2 is 1.71 bits per heavy atom. The largest absolute Gasteiger partial charge is 0.376 e. The van der Waals surface area contributed by atoms with Crippen LogP contribution in [0.2, 0.25) is 0 Å². The summed E-state index contributed by atoms with van der Waals surface area (Å²) < 4.78 is 0. The number of hydrogen-bond donors (Lipinski definition) is 2. The van der Waals surface area contributed by atoms with E-state index in [-0.39, 0.29) is 5.92 Å². The molecule has 0 spiro atoms. The van der Waals surface area contributed by atoms with Crippen LogP contribution in [0, 0.1) is 5.92 Å². The zero-order valence-electron chi connectivity index (χ0n) is 5.10. The van der Waals surface area contributed by atoms with Gasteiger partial charge in [0.25, 0.3) is 0 Å². The van der Waals surface area contributed by atoms with E-state index in [2.05, 4.69) is 0 Å². The molecule has 0 aliphatic carbocycles. The molecule has 0 saturated carbocycles. The molecule has 0 aromatic heterocycles. The van der Waals surface area contributed by atoms with Crippen molar-refractivity contribution in [2.24, 2.45) is 11.7 Å². The number of nitrogens with two attached hydrogens (primary N) is 1. The van der Waals surface area contributed by atoms with E-state index in [1.165, 1.54) is 0 Å². The van der Waals surface area contributed by atoms with E-state index in [1.807, 2.05) is 13.8 Å². The van der Waals surface area contributed by atoms with Crippen molar-refractivity contribution in [3.05, 3.63) is 0 Å². The van der Waals surface area contributed by atoms with E-state index in [0.717, 1.165) is 0 Å². The van der Waals surface area contributed by atoms with Gasteiger partial charge in [-0.05, 0) is 12.8 Å². The van der Waals surface area contributed by atoms with E-state index < -0.39 is 5.72 Å². The average Bonchev–Trinajstić information content (AvgIpc) is 1.31. The maximum absolute atomic E-state index is 8.87. The molecular weight excluding hydrogens is 90.1 g/mol. The highest BCUT2D eigenvalue weighted by Crippen LogP contribution is 2.06. The fourth-order valence-corrected chi connectivity index (χ4v) is 0. The van der Waals surface area contributed by atoms with Crippen molar-refractivity contribution in [1.29, 1.82) is 0 Å². The molecule has 0 aliphatic heterocycles. The van der Waals surface area contributed by atoms with Gasteiger partial charge in [-0.15, -0.1) is 0 Å². The van der Waals surface area contributed by atoms with Crippen molar-refractivity contribution in [1.82, 2.24) is 0 Å². The van der Waals surface area contributed by atoms with Crippen molar-refractivity contribution < 1.29 is 5.11 Å². The monoisotopic (exact) mass is 103 g/mol. The lowest BCUT2D eigenvalue weighted by molar-refractivity contribution is 0.0200. The Hall–Kier alpha value is -0.0800. The van der Waals surface area contributed by atoms with Crippen molar-refractivity contribution in [3.8, 4) is 0 Å². The Kier molecular flexibility index (Phi) is 1.78. The third-order valence-corrected chi connectivity index (χ3v) is 1.17. The minimum absolute atomic E-state index is 0.132. The summed E-state index contributed by atoms with van der Waals surface area (Å²) in [5.74, 6) is 0.132. The van der Waals surface area contributed by atoms with Gasteiger partial charge < -0.3 is 10.8 Å². The Balaban J connectivity index is 3.54. The van der Waals surface area contributed by atoms with Crippen LogP contribution >= 0.6 is 0 Å². The molecule has 0 aromatic rings. The SMILES string of the molecule is CC(C)[C@](C)(N)O. The highest BCUT2D eigenvalue weighted by Gasteiger charge is 2.16. The second-order valence-corrected chi connectivity index (χ2v) is 2.38. The van der Waals surface area contributed by atoms with Crippen molar-refractivity contribution in [2.75, 3.05) is 0 Å². The van der Waals surface area contributed by atoms with Crippen LogP contribution in [0.5, 0.6) is 0 Å². The molecular formula is C5H13NO. The molecule has 2 nitrogen and oxygen atoms in total. The van der Waals surface area contributed by atoms with Gasteiger partial charge in [-0.1, -0.05) is 13.8 Å². The molecule has 0 rings (SSSR count). The summed E-state index contributed by atoms with van der Waals surface area (Å²) in [4.78, 5) is 0. The predicted octanol–water partition coefficient (Wildman–Crippen LogP) is 0.310. The topological polar surface area (TPSA) is 46.2 Å². The van der Waals surface area contributed by atoms with Gasteiger partial charge in [-0.2, -0.15) is 0 Å².